The number of nitrogens with zero attached hydrogens (tertiary/aromatic N) is 7. The minimum absolute atomic E-state index is 0.0868. The van der Waals surface area contributed by atoms with Crippen LogP contribution in [0.1, 0.15) is 38.1 Å². The molecule has 3 aromatic heterocycles. The van der Waals surface area contributed by atoms with Crippen molar-refractivity contribution in [1.82, 2.24) is 24.7 Å². The summed E-state index contributed by atoms with van der Waals surface area (Å²) in [5.74, 6) is 1.22. The first-order chi connectivity index (χ1) is 20.6. The van der Waals surface area contributed by atoms with Gasteiger partial charge in [-0.25, -0.2) is 24.5 Å². The number of esters is 1. The van der Waals surface area contributed by atoms with Crippen LogP contribution < -0.4 is 9.80 Å². The Morgan fingerprint density at radius 2 is 1.81 bits per heavy atom. The molecule has 0 radical (unpaired) electrons. The van der Waals surface area contributed by atoms with E-state index in [4.69, 9.17) is 19.4 Å². The molecule has 1 atom stereocenters. The smallest absolute Gasteiger partial charge is 0.435 e. The molecule has 0 N–H and O–H groups in total. The second-order valence-electron chi connectivity index (χ2n) is 11.6. The lowest BCUT2D eigenvalue weighted by atomic mass is 10.1. The van der Waals surface area contributed by atoms with Crippen LogP contribution in [-0.4, -0.2) is 75.2 Å². The normalized spacial score (nSPS) is 15.6. The van der Waals surface area contributed by atoms with Crippen LogP contribution in [-0.2, 0) is 9.47 Å². The van der Waals surface area contributed by atoms with Crippen molar-refractivity contribution in [3.05, 3.63) is 72.6 Å². The minimum atomic E-state index is -0.643. The fourth-order valence-corrected chi connectivity index (χ4v) is 5.34. The van der Waals surface area contributed by atoms with E-state index in [1.807, 2.05) is 57.2 Å². The summed E-state index contributed by atoms with van der Waals surface area (Å²) in [6.07, 6.45) is 2.91. The molecule has 1 aliphatic heterocycles. The number of fused-ring (bicyclic) bond motifs is 2. The third-order valence-corrected chi connectivity index (χ3v) is 7.35. The maximum atomic E-state index is 12.8. The van der Waals surface area contributed by atoms with Gasteiger partial charge in [0.1, 0.15) is 17.1 Å². The van der Waals surface area contributed by atoms with Crippen molar-refractivity contribution in [3.8, 4) is 11.3 Å². The first kappa shape index (κ1) is 28.1. The first-order valence-corrected chi connectivity index (χ1v) is 14.2. The van der Waals surface area contributed by atoms with Gasteiger partial charge < -0.3 is 19.3 Å². The van der Waals surface area contributed by atoms with Crippen molar-refractivity contribution >= 4 is 45.6 Å². The van der Waals surface area contributed by atoms with Crippen molar-refractivity contribution in [3.63, 3.8) is 0 Å². The van der Waals surface area contributed by atoms with Gasteiger partial charge >= 0.3 is 12.1 Å². The zero-order valence-corrected chi connectivity index (χ0v) is 24.8. The third-order valence-electron chi connectivity index (χ3n) is 7.35. The molecular formula is C32H33N7O4. The molecule has 0 spiro atoms. The molecule has 11 heteroatoms. The van der Waals surface area contributed by atoms with Gasteiger partial charge in [-0.1, -0.05) is 12.1 Å². The topological polar surface area (TPSA) is 116 Å². The fraction of sp³-hybridized carbons (Fsp3) is 0.312. The Morgan fingerprint density at radius 3 is 2.53 bits per heavy atom. The number of aromatic nitrogens is 5. The van der Waals surface area contributed by atoms with E-state index >= 15 is 0 Å². The van der Waals surface area contributed by atoms with Gasteiger partial charge in [0.25, 0.3) is 0 Å². The lowest BCUT2D eigenvalue weighted by Crippen LogP contribution is -2.52. The number of benzene rings is 2. The molecular weight excluding hydrogens is 546 g/mol. The Balaban J connectivity index is 1.42. The van der Waals surface area contributed by atoms with Crippen LogP contribution in [0.25, 0.3) is 33.2 Å². The molecule has 0 amide bonds. The van der Waals surface area contributed by atoms with E-state index in [9.17, 15) is 9.59 Å². The Hall–Kier alpha value is -5.06. The van der Waals surface area contributed by atoms with Crippen LogP contribution in [0, 0.1) is 0 Å². The SMILES string of the molecule is COC(=O)c1ccc2nc(-c3ccc4c(cnn4C(=O)OC(C)(C)C)c3)c(N3CCN(c4ccccn4)C[C@@H]3C)nc2c1. The van der Waals surface area contributed by atoms with Crippen molar-refractivity contribution in [2.75, 3.05) is 36.5 Å². The number of ether oxygens (including phenoxy) is 2. The standard InChI is InChI=1S/C32H33N7O4/c1-20-19-37(27-8-6-7-13-33-27)14-15-38(20)29-28(35-24-11-9-22(30(40)42-5)17-25(24)36-29)21-10-12-26-23(16-21)18-34-39(26)31(41)43-32(2,3)4/h6-13,16-18,20H,14-15,19H2,1-5H3/t20-/m0/s1. The van der Waals surface area contributed by atoms with E-state index in [-0.39, 0.29) is 6.04 Å². The summed E-state index contributed by atoms with van der Waals surface area (Å²) in [5, 5.41) is 5.07. The number of rotatable bonds is 4. The maximum absolute atomic E-state index is 12.8. The van der Waals surface area contributed by atoms with Crippen molar-refractivity contribution in [1.29, 1.82) is 0 Å². The summed E-state index contributed by atoms with van der Waals surface area (Å²) < 4.78 is 11.7. The van der Waals surface area contributed by atoms with Gasteiger partial charge in [-0.15, -0.1) is 0 Å². The van der Waals surface area contributed by atoms with Crippen LogP contribution in [0.4, 0.5) is 16.4 Å². The van der Waals surface area contributed by atoms with Gasteiger partial charge in [0.2, 0.25) is 0 Å². The number of anilines is 2. The Labute approximate surface area is 249 Å². The molecule has 1 aliphatic rings. The van der Waals surface area contributed by atoms with Gasteiger partial charge in [0, 0.05) is 42.8 Å². The molecule has 43 heavy (non-hydrogen) atoms. The molecule has 11 nitrogen and oxygen atoms in total. The van der Waals surface area contributed by atoms with Crippen LogP contribution in [0.5, 0.6) is 0 Å². The van der Waals surface area contributed by atoms with E-state index in [2.05, 4.69) is 26.8 Å². The predicted octanol–water partition coefficient (Wildman–Crippen LogP) is 5.33. The molecule has 0 unspecified atom stereocenters. The number of piperazine rings is 1. The Bertz CT molecular complexity index is 1830. The summed E-state index contributed by atoms with van der Waals surface area (Å²) in [6.45, 7) is 9.81. The molecule has 4 heterocycles. The molecule has 5 aromatic rings. The molecule has 220 valence electrons. The summed E-state index contributed by atoms with van der Waals surface area (Å²) in [6, 6.07) is 16.9. The average molecular weight is 580 g/mol. The summed E-state index contributed by atoms with van der Waals surface area (Å²) >= 11 is 0. The Kier molecular flexibility index (Phi) is 7.17. The monoisotopic (exact) mass is 579 g/mol. The van der Waals surface area contributed by atoms with E-state index in [1.54, 1.807) is 30.6 Å². The number of pyridine rings is 1. The van der Waals surface area contributed by atoms with Gasteiger partial charge in [0.15, 0.2) is 5.82 Å². The first-order valence-electron chi connectivity index (χ1n) is 14.2. The summed E-state index contributed by atoms with van der Waals surface area (Å²) in [7, 11) is 1.36. The van der Waals surface area contributed by atoms with Crippen LogP contribution >= 0.6 is 0 Å². The molecule has 1 saturated heterocycles. The molecule has 0 saturated carbocycles. The van der Waals surface area contributed by atoms with Crippen molar-refractivity contribution < 1.29 is 19.1 Å². The zero-order chi connectivity index (χ0) is 30.3. The van der Waals surface area contributed by atoms with E-state index < -0.39 is 17.7 Å². The highest BCUT2D eigenvalue weighted by molar-refractivity contribution is 5.95. The fourth-order valence-electron chi connectivity index (χ4n) is 5.34. The van der Waals surface area contributed by atoms with E-state index in [0.29, 0.717) is 40.2 Å². The van der Waals surface area contributed by atoms with E-state index in [0.717, 1.165) is 29.9 Å². The number of hydrogen-bond donors (Lipinski definition) is 0. The number of hydrogen-bond acceptors (Lipinski definition) is 10. The molecule has 2 aromatic carbocycles. The number of carbonyl (C=O) groups excluding carboxylic acids is 2. The van der Waals surface area contributed by atoms with Crippen LogP contribution in [0.2, 0.25) is 0 Å². The van der Waals surface area contributed by atoms with E-state index in [1.165, 1.54) is 11.8 Å². The van der Waals surface area contributed by atoms with Gasteiger partial charge in [-0.3, -0.25) is 0 Å². The predicted molar refractivity (Wildman–Crippen MR) is 164 cm³/mol. The van der Waals surface area contributed by atoms with Crippen LogP contribution in [0.15, 0.2) is 67.0 Å². The van der Waals surface area contributed by atoms with Crippen molar-refractivity contribution in [2.24, 2.45) is 0 Å². The molecule has 0 bridgehead atoms. The summed E-state index contributed by atoms with van der Waals surface area (Å²) in [4.78, 5) is 44.2. The maximum Gasteiger partial charge on any atom is 0.435 e. The lowest BCUT2D eigenvalue weighted by Gasteiger charge is -2.41. The third kappa shape index (κ3) is 5.57. The molecule has 0 aliphatic carbocycles. The Morgan fingerprint density at radius 1 is 0.977 bits per heavy atom. The quantitative estimate of drug-likeness (QED) is 0.259. The van der Waals surface area contributed by atoms with Crippen LogP contribution in [0.3, 0.4) is 0 Å². The number of carbonyl (C=O) groups is 2. The zero-order valence-electron chi connectivity index (χ0n) is 24.8. The second kappa shape index (κ2) is 11.0. The number of methoxy groups -OCH3 is 1. The highest BCUT2D eigenvalue weighted by Crippen LogP contribution is 2.34. The van der Waals surface area contributed by atoms with Gasteiger partial charge in [0.05, 0.1) is 35.4 Å². The minimum Gasteiger partial charge on any atom is -0.465 e. The van der Waals surface area contributed by atoms with Crippen molar-refractivity contribution in [2.45, 2.75) is 39.3 Å². The highest BCUT2D eigenvalue weighted by Gasteiger charge is 2.29. The lowest BCUT2D eigenvalue weighted by molar-refractivity contribution is 0.0521. The summed E-state index contributed by atoms with van der Waals surface area (Å²) in [5.41, 5.74) is 3.17. The second-order valence-corrected chi connectivity index (χ2v) is 11.6. The highest BCUT2D eigenvalue weighted by atomic mass is 16.6. The largest absolute Gasteiger partial charge is 0.465 e. The van der Waals surface area contributed by atoms with Gasteiger partial charge in [-0.05, 0) is 70.2 Å². The molecule has 1 fully saturated rings. The molecule has 6 rings (SSSR count). The average Bonchev–Trinajstić information content (AvgIpc) is 3.43. The van der Waals surface area contributed by atoms with Gasteiger partial charge in [-0.2, -0.15) is 9.78 Å².